The molecule has 31 heavy (non-hydrogen) atoms. The van der Waals surface area contributed by atoms with Gasteiger partial charge in [0.2, 0.25) is 0 Å². The predicted octanol–water partition coefficient (Wildman–Crippen LogP) is 4.89. The van der Waals surface area contributed by atoms with Gasteiger partial charge < -0.3 is 14.2 Å². The minimum absolute atomic E-state index is 0.309. The molecule has 0 bridgehead atoms. The van der Waals surface area contributed by atoms with Crippen molar-refractivity contribution >= 4 is 5.97 Å². The zero-order chi connectivity index (χ0) is 22.1. The number of methoxy groups -OCH3 is 1. The molecule has 0 aromatic heterocycles. The minimum atomic E-state index is -0.789. The molecule has 0 aliphatic rings. The van der Waals surface area contributed by atoms with Crippen molar-refractivity contribution in [2.24, 2.45) is 0 Å². The van der Waals surface area contributed by atoms with Gasteiger partial charge in [0.25, 0.3) is 0 Å². The lowest BCUT2D eigenvalue weighted by Gasteiger charge is -2.23. The molecule has 162 valence electrons. The van der Waals surface area contributed by atoms with Crippen molar-refractivity contribution in [3.05, 3.63) is 95.6 Å². The molecule has 5 nitrogen and oxygen atoms in total. The van der Waals surface area contributed by atoms with E-state index in [1.54, 1.807) is 13.8 Å². The van der Waals surface area contributed by atoms with Crippen LogP contribution < -0.4 is 14.8 Å². The van der Waals surface area contributed by atoms with Crippen LogP contribution in [0.3, 0.4) is 0 Å². The molecule has 0 aliphatic carbocycles. The van der Waals surface area contributed by atoms with Crippen LogP contribution in [0.5, 0.6) is 11.5 Å². The van der Waals surface area contributed by atoms with Crippen LogP contribution in [0.4, 0.5) is 0 Å². The Morgan fingerprint density at radius 2 is 1.32 bits per heavy atom. The van der Waals surface area contributed by atoms with Crippen LogP contribution in [-0.4, -0.2) is 18.6 Å². The molecular formula is C26H29NO4. The molecule has 0 fully saturated rings. The number of hydrogen-bond donors (Lipinski definition) is 1. The van der Waals surface area contributed by atoms with Gasteiger partial charge in [-0.3, -0.25) is 10.1 Å². The maximum atomic E-state index is 11.9. The van der Waals surface area contributed by atoms with Gasteiger partial charge in [-0.15, -0.1) is 0 Å². The molecule has 5 heteroatoms. The molecule has 3 aromatic rings. The van der Waals surface area contributed by atoms with Gasteiger partial charge in [0, 0.05) is 6.54 Å². The van der Waals surface area contributed by atoms with E-state index in [4.69, 9.17) is 14.2 Å². The molecule has 0 heterocycles. The van der Waals surface area contributed by atoms with Gasteiger partial charge in [-0.25, -0.2) is 0 Å². The molecule has 0 spiro atoms. The van der Waals surface area contributed by atoms with Crippen LogP contribution in [0.2, 0.25) is 0 Å². The Morgan fingerprint density at radius 1 is 0.774 bits per heavy atom. The average Bonchev–Trinajstić information content (AvgIpc) is 2.81. The monoisotopic (exact) mass is 419 g/mol. The predicted molar refractivity (Wildman–Crippen MR) is 121 cm³/mol. The largest absolute Gasteiger partial charge is 0.485 e. The van der Waals surface area contributed by atoms with Crippen molar-refractivity contribution in [3.8, 4) is 11.5 Å². The maximum absolute atomic E-state index is 11.9. The van der Waals surface area contributed by atoms with E-state index in [0.717, 1.165) is 16.7 Å². The van der Waals surface area contributed by atoms with E-state index in [2.05, 4.69) is 5.32 Å². The van der Waals surface area contributed by atoms with E-state index in [-0.39, 0.29) is 5.97 Å². The topological polar surface area (TPSA) is 56.8 Å². The van der Waals surface area contributed by atoms with Crippen molar-refractivity contribution in [1.29, 1.82) is 0 Å². The summed E-state index contributed by atoms with van der Waals surface area (Å²) < 4.78 is 17.0. The SMILES string of the molecule is COC(=O)C(C)(C)NCc1ccc(OCc2ccccc2)c(OCc2ccccc2)c1. The molecule has 0 unspecified atom stereocenters. The molecule has 1 N–H and O–H groups in total. The zero-order valence-corrected chi connectivity index (χ0v) is 18.3. The second-order valence-corrected chi connectivity index (χ2v) is 7.80. The van der Waals surface area contributed by atoms with Crippen LogP contribution in [-0.2, 0) is 29.3 Å². The highest BCUT2D eigenvalue weighted by molar-refractivity contribution is 5.79. The molecule has 0 saturated heterocycles. The van der Waals surface area contributed by atoms with Crippen molar-refractivity contribution < 1.29 is 19.0 Å². The van der Waals surface area contributed by atoms with Crippen LogP contribution >= 0.6 is 0 Å². The molecule has 0 aliphatic heterocycles. The van der Waals surface area contributed by atoms with E-state index >= 15 is 0 Å². The highest BCUT2D eigenvalue weighted by Gasteiger charge is 2.27. The molecular weight excluding hydrogens is 390 g/mol. The van der Waals surface area contributed by atoms with E-state index in [0.29, 0.717) is 31.3 Å². The third-order valence-corrected chi connectivity index (χ3v) is 4.91. The Morgan fingerprint density at radius 3 is 1.87 bits per heavy atom. The summed E-state index contributed by atoms with van der Waals surface area (Å²) in [6, 6.07) is 25.8. The highest BCUT2D eigenvalue weighted by Crippen LogP contribution is 2.30. The Balaban J connectivity index is 1.74. The van der Waals surface area contributed by atoms with Crippen molar-refractivity contribution in [1.82, 2.24) is 5.32 Å². The zero-order valence-electron chi connectivity index (χ0n) is 18.3. The van der Waals surface area contributed by atoms with Gasteiger partial charge in [0.05, 0.1) is 7.11 Å². The first-order valence-corrected chi connectivity index (χ1v) is 10.3. The van der Waals surface area contributed by atoms with Crippen molar-refractivity contribution in [2.45, 2.75) is 39.1 Å². The first-order chi connectivity index (χ1) is 15.0. The van der Waals surface area contributed by atoms with E-state index < -0.39 is 5.54 Å². The fraction of sp³-hybridized carbons (Fsp3) is 0.269. The van der Waals surface area contributed by atoms with E-state index in [1.165, 1.54) is 7.11 Å². The number of carbonyl (C=O) groups is 1. The summed E-state index contributed by atoms with van der Waals surface area (Å²) in [5.41, 5.74) is 2.35. The number of nitrogens with one attached hydrogen (secondary N) is 1. The van der Waals surface area contributed by atoms with Crippen LogP contribution in [0.1, 0.15) is 30.5 Å². The molecule has 0 atom stereocenters. The van der Waals surface area contributed by atoms with Crippen LogP contribution in [0.15, 0.2) is 78.9 Å². The first-order valence-electron chi connectivity index (χ1n) is 10.3. The van der Waals surface area contributed by atoms with Crippen LogP contribution in [0, 0.1) is 0 Å². The van der Waals surface area contributed by atoms with E-state index in [1.807, 2.05) is 78.9 Å². The number of rotatable bonds is 10. The second kappa shape index (κ2) is 10.6. The molecule has 3 rings (SSSR count). The number of carbonyl (C=O) groups excluding carboxylic acids is 1. The third-order valence-electron chi connectivity index (χ3n) is 4.91. The number of hydrogen-bond acceptors (Lipinski definition) is 5. The normalized spacial score (nSPS) is 11.1. The van der Waals surface area contributed by atoms with Gasteiger partial charge >= 0.3 is 5.97 Å². The molecule has 0 amide bonds. The van der Waals surface area contributed by atoms with Gasteiger partial charge in [-0.1, -0.05) is 66.7 Å². The summed E-state index contributed by atoms with van der Waals surface area (Å²) >= 11 is 0. The second-order valence-electron chi connectivity index (χ2n) is 7.80. The lowest BCUT2D eigenvalue weighted by Crippen LogP contribution is -2.46. The molecule has 0 radical (unpaired) electrons. The Kier molecular flexibility index (Phi) is 7.68. The summed E-state index contributed by atoms with van der Waals surface area (Å²) in [6.07, 6.45) is 0. The fourth-order valence-corrected chi connectivity index (χ4v) is 3.02. The minimum Gasteiger partial charge on any atom is -0.485 e. The Labute approximate surface area is 184 Å². The first kappa shape index (κ1) is 22.4. The number of ether oxygens (including phenoxy) is 3. The number of esters is 1. The smallest absolute Gasteiger partial charge is 0.325 e. The summed E-state index contributed by atoms with van der Waals surface area (Å²) in [6.45, 7) is 4.97. The summed E-state index contributed by atoms with van der Waals surface area (Å²) in [5.74, 6) is 1.03. The molecule has 0 saturated carbocycles. The number of benzene rings is 3. The average molecular weight is 420 g/mol. The quantitative estimate of drug-likeness (QED) is 0.475. The van der Waals surface area contributed by atoms with E-state index in [9.17, 15) is 4.79 Å². The lowest BCUT2D eigenvalue weighted by molar-refractivity contribution is -0.147. The Hall–Kier alpha value is -3.31. The van der Waals surface area contributed by atoms with Gasteiger partial charge in [-0.05, 0) is 42.7 Å². The standard InChI is InChI=1S/C26H29NO4/c1-26(2,25(28)29-3)27-17-22-14-15-23(30-18-20-10-6-4-7-11-20)24(16-22)31-19-21-12-8-5-9-13-21/h4-16,27H,17-19H2,1-3H3. The molecule has 3 aromatic carbocycles. The summed E-state index contributed by atoms with van der Waals surface area (Å²) in [7, 11) is 1.39. The van der Waals surface area contributed by atoms with Gasteiger partial charge in [0.15, 0.2) is 11.5 Å². The lowest BCUT2D eigenvalue weighted by atomic mass is 10.1. The summed E-state index contributed by atoms with van der Waals surface area (Å²) in [4.78, 5) is 11.9. The van der Waals surface area contributed by atoms with Gasteiger partial charge in [-0.2, -0.15) is 0 Å². The summed E-state index contributed by atoms with van der Waals surface area (Å²) in [5, 5.41) is 3.23. The fourth-order valence-electron chi connectivity index (χ4n) is 3.02. The van der Waals surface area contributed by atoms with Crippen LogP contribution in [0.25, 0.3) is 0 Å². The Bertz CT molecular complexity index is 971. The highest BCUT2D eigenvalue weighted by atomic mass is 16.5. The third kappa shape index (κ3) is 6.59. The maximum Gasteiger partial charge on any atom is 0.325 e. The van der Waals surface area contributed by atoms with Gasteiger partial charge in [0.1, 0.15) is 18.8 Å². The van der Waals surface area contributed by atoms with Crippen molar-refractivity contribution in [2.75, 3.05) is 7.11 Å². The van der Waals surface area contributed by atoms with Crippen molar-refractivity contribution in [3.63, 3.8) is 0 Å².